The lowest BCUT2D eigenvalue weighted by atomic mass is 10.1. The number of thiazole rings is 1. The Morgan fingerprint density at radius 2 is 2.00 bits per heavy atom. The van der Waals surface area contributed by atoms with Crippen molar-refractivity contribution in [3.63, 3.8) is 0 Å². The first-order chi connectivity index (χ1) is 12.1. The topological polar surface area (TPSA) is 45.2 Å². The molecular formula is C20H19N3OS. The average molecular weight is 349 g/mol. The van der Waals surface area contributed by atoms with Gasteiger partial charge in [0.25, 0.3) is 0 Å². The van der Waals surface area contributed by atoms with Crippen LogP contribution in [0.2, 0.25) is 0 Å². The summed E-state index contributed by atoms with van der Waals surface area (Å²) < 4.78 is 0. The third-order valence-electron chi connectivity index (χ3n) is 4.48. The van der Waals surface area contributed by atoms with Crippen LogP contribution < -0.4 is 10.2 Å². The molecule has 4 rings (SSSR count). The maximum absolute atomic E-state index is 11.8. The third-order valence-corrected chi connectivity index (χ3v) is 5.52. The van der Waals surface area contributed by atoms with Gasteiger partial charge in [-0.05, 0) is 30.7 Å². The van der Waals surface area contributed by atoms with Crippen LogP contribution in [0.1, 0.15) is 16.0 Å². The SMILES string of the molecule is Cc1ccc(-c2ncc(CNc3ccc4c(c3)CC(=O)N4C)s2)cc1. The number of carbonyl (C=O) groups is 1. The van der Waals surface area contributed by atoms with Crippen LogP contribution in [0, 0.1) is 6.92 Å². The minimum atomic E-state index is 0.150. The molecule has 1 aliphatic heterocycles. The van der Waals surface area contributed by atoms with E-state index < -0.39 is 0 Å². The molecule has 0 saturated carbocycles. The van der Waals surface area contributed by atoms with Gasteiger partial charge in [-0.25, -0.2) is 4.98 Å². The Kier molecular flexibility index (Phi) is 4.01. The van der Waals surface area contributed by atoms with Gasteiger partial charge < -0.3 is 10.2 Å². The number of aromatic nitrogens is 1. The summed E-state index contributed by atoms with van der Waals surface area (Å²) in [6, 6.07) is 14.5. The number of amides is 1. The maximum Gasteiger partial charge on any atom is 0.231 e. The predicted molar refractivity (Wildman–Crippen MR) is 103 cm³/mol. The Hall–Kier alpha value is -2.66. The fourth-order valence-corrected chi connectivity index (χ4v) is 3.85. The van der Waals surface area contributed by atoms with Crippen molar-refractivity contribution in [3.05, 3.63) is 64.7 Å². The fourth-order valence-electron chi connectivity index (χ4n) is 2.99. The first kappa shape index (κ1) is 15.8. The Morgan fingerprint density at radius 3 is 2.80 bits per heavy atom. The van der Waals surface area contributed by atoms with Crippen LogP contribution in [0.15, 0.2) is 48.7 Å². The number of nitrogens with zero attached hydrogens (tertiary/aromatic N) is 2. The van der Waals surface area contributed by atoms with Gasteiger partial charge in [0.2, 0.25) is 5.91 Å². The van der Waals surface area contributed by atoms with Gasteiger partial charge in [-0.1, -0.05) is 29.8 Å². The summed E-state index contributed by atoms with van der Waals surface area (Å²) >= 11 is 1.70. The predicted octanol–water partition coefficient (Wildman–Crippen LogP) is 4.25. The van der Waals surface area contributed by atoms with Gasteiger partial charge in [-0.3, -0.25) is 4.79 Å². The number of aryl methyl sites for hydroxylation is 1. The molecule has 0 spiro atoms. The van der Waals surface area contributed by atoms with E-state index in [-0.39, 0.29) is 5.91 Å². The van der Waals surface area contributed by atoms with Gasteiger partial charge >= 0.3 is 0 Å². The molecule has 5 heteroatoms. The number of likely N-dealkylation sites (N-methyl/N-ethyl adjacent to an activating group) is 1. The van der Waals surface area contributed by atoms with Crippen LogP contribution in [-0.2, 0) is 17.8 Å². The zero-order valence-electron chi connectivity index (χ0n) is 14.2. The highest BCUT2D eigenvalue weighted by molar-refractivity contribution is 7.15. The molecule has 0 saturated heterocycles. The highest BCUT2D eigenvalue weighted by atomic mass is 32.1. The summed E-state index contributed by atoms with van der Waals surface area (Å²) in [4.78, 5) is 19.2. The van der Waals surface area contributed by atoms with Gasteiger partial charge in [0.1, 0.15) is 5.01 Å². The molecule has 0 fully saturated rings. The van der Waals surface area contributed by atoms with E-state index in [0.717, 1.165) is 34.1 Å². The third kappa shape index (κ3) is 3.15. The number of carbonyl (C=O) groups excluding carboxylic acids is 1. The first-order valence-corrected chi connectivity index (χ1v) is 9.07. The van der Waals surface area contributed by atoms with Gasteiger partial charge in [-0.2, -0.15) is 0 Å². The van der Waals surface area contributed by atoms with Crippen LogP contribution in [-0.4, -0.2) is 17.9 Å². The minimum absolute atomic E-state index is 0.150. The number of anilines is 2. The van der Waals surface area contributed by atoms with Crippen LogP contribution >= 0.6 is 11.3 Å². The molecule has 4 nitrogen and oxygen atoms in total. The van der Waals surface area contributed by atoms with E-state index in [9.17, 15) is 4.79 Å². The van der Waals surface area contributed by atoms with Gasteiger partial charge in [-0.15, -0.1) is 11.3 Å². The lowest BCUT2D eigenvalue weighted by Gasteiger charge is -2.11. The van der Waals surface area contributed by atoms with Crippen molar-refractivity contribution in [2.75, 3.05) is 17.3 Å². The summed E-state index contributed by atoms with van der Waals surface area (Å²) in [6.07, 6.45) is 2.41. The molecule has 1 aliphatic rings. The van der Waals surface area contributed by atoms with Crippen molar-refractivity contribution in [3.8, 4) is 10.6 Å². The van der Waals surface area contributed by atoms with Crippen molar-refractivity contribution in [2.24, 2.45) is 0 Å². The standard InChI is InChI=1S/C20H19N3OS/c1-13-3-5-14(6-4-13)20-22-12-17(25-20)11-21-16-7-8-18-15(9-16)10-19(24)23(18)2/h3-9,12,21H,10-11H2,1-2H3. The molecule has 0 unspecified atom stereocenters. The number of nitrogens with one attached hydrogen (secondary N) is 1. The maximum atomic E-state index is 11.8. The number of hydrogen-bond donors (Lipinski definition) is 1. The van der Waals surface area contributed by atoms with Crippen LogP contribution in [0.4, 0.5) is 11.4 Å². The first-order valence-electron chi connectivity index (χ1n) is 8.25. The molecule has 0 bridgehead atoms. The highest BCUT2D eigenvalue weighted by Gasteiger charge is 2.23. The van der Waals surface area contributed by atoms with Gasteiger partial charge in [0.15, 0.2) is 0 Å². The van der Waals surface area contributed by atoms with E-state index in [1.807, 2.05) is 25.4 Å². The zero-order valence-corrected chi connectivity index (χ0v) is 15.1. The van der Waals surface area contributed by atoms with E-state index in [1.165, 1.54) is 10.4 Å². The second kappa shape index (κ2) is 6.33. The number of rotatable bonds is 4. The monoisotopic (exact) mass is 349 g/mol. The van der Waals surface area contributed by atoms with E-state index in [4.69, 9.17) is 0 Å². The van der Waals surface area contributed by atoms with Crippen molar-refractivity contribution < 1.29 is 4.79 Å². The Morgan fingerprint density at radius 1 is 1.20 bits per heavy atom. The summed E-state index contributed by atoms with van der Waals surface area (Å²) in [7, 11) is 1.82. The molecule has 25 heavy (non-hydrogen) atoms. The van der Waals surface area contributed by atoms with Crippen LogP contribution in [0.5, 0.6) is 0 Å². The lowest BCUT2D eigenvalue weighted by Crippen LogP contribution is -2.20. The second-order valence-corrected chi connectivity index (χ2v) is 7.44. The lowest BCUT2D eigenvalue weighted by molar-refractivity contribution is -0.117. The Bertz CT molecular complexity index is 930. The van der Waals surface area contributed by atoms with Crippen LogP contribution in [0.25, 0.3) is 10.6 Å². The van der Waals surface area contributed by atoms with Crippen molar-refractivity contribution in [2.45, 2.75) is 19.9 Å². The molecule has 3 aromatic rings. The molecule has 1 aromatic heterocycles. The molecule has 0 atom stereocenters. The Balaban J connectivity index is 1.45. The summed E-state index contributed by atoms with van der Waals surface area (Å²) in [5.74, 6) is 0.150. The van der Waals surface area contributed by atoms with E-state index >= 15 is 0 Å². The van der Waals surface area contributed by atoms with Crippen LogP contribution in [0.3, 0.4) is 0 Å². The van der Waals surface area contributed by atoms with E-state index in [2.05, 4.69) is 47.6 Å². The van der Waals surface area contributed by atoms with E-state index in [1.54, 1.807) is 16.2 Å². The Labute approximate surface area is 151 Å². The normalized spacial score (nSPS) is 13.2. The van der Waals surface area contributed by atoms with Crippen molar-refractivity contribution in [1.82, 2.24) is 4.98 Å². The molecule has 0 radical (unpaired) electrons. The fraction of sp³-hybridized carbons (Fsp3) is 0.200. The van der Waals surface area contributed by atoms with Gasteiger partial charge in [0, 0.05) is 35.1 Å². The van der Waals surface area contributed by atoms with Gasteiger partial charge in [0.05, 0.1) is 13.0 Å². The molecule has 0 aliphatic carbocycles. The second-order valence-electron chi connectivity index (χ2n) is 6.32. The molecule has 1 N–H and O–H groups in total. The quantitative estimate of drug-likeness (QED) is 0.766. The highest BCUT2D eigenvalue weighted by Crippen LogP contribution is 2.31. The number of hydrogen-bond acceptors (Lipinski definition) is 4. The minimum Gasteiger partial charge on any atom is -0.380 e. The zero-order chi connectivity index (χ0) is 17.4. The van der Waals surface area contributed by atoms with Crippen molar-refractivity contribution in [1.29, 1.82) is 0 Å². The molecule has 2 heterocycles. The molecular weight excluding hydrogens is 330 g/mol. The molecule has 126 valence electrons. The largest absolute Gasteiger partial charge is 0.380 e. The number of benzene rings is 2. The van der Waals surface area contributed by atoms with E-state index in [0.29, 0.717) is 6.42 Å². The summed E-state index contributed by atoms with van der Waals surface area (Å²) in [6.45, 7) is 2.81. The summed E-state index contributed by atoms with van der Waals surface area (Å²) in [5.41, 5.74) is 5.54. The smallest absolute Gasteiger partial charge is 0.231 e. The summed E-state index contributed by atoms with van der Waals surface area (Å²) in [5, 5.41) is 4.47. The van der Waals surface area contributed by atoms with Crippen molar-refractivity contribution >= 4 is 28.6 Å². The average Bonchev–Trinajstić information content (AvgIpc) is 3.19. The molecule has 2 aromatic carbocycles. The molecule has 1 amide bonds. The number of fused-ring (bicyclic) bond motifs is 1.